The van der Waals surface area contributed by atoms with Gasteiger partial charge in [-0.1, -0.05) is 55.5 Å². The molecule has 4 aromatic rings. The first-order valence-corrected chi connectivity index (χ1v) is 20.2. The minimum absolute atomic E-state index is 0.0620. The monoisotopic (exact) mass is 810 g/mol. The molecule has 7 rings (SSSR count). The summed E-state index contributed by atoms with van der Waals surface area (Å²) in [6, 6.07) is 14.5. The van der Waals surface area contributed by atoms with Crippen LogP contribution >= 0.6 is 0 Å². The molecule has 16 nitrogen and oxygen atoms in total. The molecular formula is C43H54N8O8. The third-order valence-electron chi connectivity index (χ3n) is 12.1. The van der Waals surface area contributed by atoms with Gasteiger partial charge < -0.3 is 49.3 Å². The van der Waals surface area contributed by atoms with Crippen molar-refractivity contribution in [3.05, 3.63) is 72.6 Å². The van der Waals surface area contributed by atoms with Gasteiger partial charge in [0.05, 0.1) is 50.1 Å². The van der Waals surface area contributed by atoms with E-state index in [-0.39, 0.29) is 41.9 Å². The first-order valence-electron chi connectivity index (χ1n) is 20.2. The second-order valence-corrected chi connectivity index (χ2v) is 15.7. The summed E-state index contributed by atoms with van der Waals surface area (Å²) in [6.45, 7) is 4.78. The Kier molecular flexibility index (Phi) is 12.7. The van der Waals surface area contributed by atoms with E-state index in [0.717, 1.165) is 58.7 Å². The van der Waals surface area contributed by atoms with Gasteiger partial charge in [0.2, 0.25) is 11.8 Å². The lowest BCUT2D eigenvalue weighted by Crippen LogP contribution is -2.51. The molecule has 314 valence electrons. The molecule has 2 saturated heterocycles. The summed E-state index contributed by atoms with van der Waals surface area (Å²) in [5, 5.41) is 5.37. The van der Waals surface area contributed by atoms with Gasteiger partial charge in [-0.15, -0.1) is 0 Å². The number of nitrogens with zero attached hydrogens (tertiary/aromatic N) is 4. The van der Waals surface area contributed by atoms with E-state index in [0.29, 0.717) is 37.8 Å². The fourth-order valence-corrected chi connectivity index (χ4v) is 8.57. The van der Waals surface area contributed by atoms with Crippen LogP contribution in [0.25, 0.3) is 33.6 Å². The number of aromatic nitrogens is 4. The number of carbonyl (C=O) groups excluding carboxylic acids is 4. The molecule has 2 aromatic carbocycles. The Morgan fingerprint density at radius 2 is 1.10 bits per heavy atom. The zero-order chi connectivity index (χ0) is 41.8. The number of likely N-dealkylation sites (tertiary alicyclic amines) is 2. The Labute approximate surface area is 343 Å². The van der Waals surface area contributed by atoms with E-state index in [1.807, 2.05) is 28.9 Å². The minimum Gasteiger partial charge on any atom is -0.453 e. The van der Waals surface area contributed by atoms with Gasteiger partial charge in [-0.25, -0.2) is 19.6 Å². The average Bonchev–Trinajstić information content (AvgIpc) is 3.69. The van der Waals surface area contributed by atoms with Crippen molar-refractivity contribution < 1.29 is 38.1 Å². The van der Waals surface area contributed by atoms with E-state index >= 15 is 0 Å². The maximum absolute atomic E-state index is 13.9. The Hall–Kier alpha value is -5.74. The van der Waals surface area contributed by atoms with Gasteiger partial charge in [0.25, 0.3) is 0 Å². The number of methoxy groups -OCH3 is 4. The number of carbonyl (C=O) groups is 4. The highest BCUT2D eigenvalue weighted by Crippen LogP contribution is 2.53. The predicted octanol–water partition coefficient (Wildman–Crippen LogP) is 5.62. The van der Waals surface area contributed by atoms with E-state index in [4.69, 9.17) is 28.9 Å². The molecule has 3 aliphatic rings. The maximum atomic E-state index is 13.9. The van der Waals surface area contributed by atoms with Crippen molar-refractivity contribution in [1.29, 1.82) is 0 Å². The van der Waals surface area contributed by atoms with Gasteiger partial charge >= 0.3 is 12.2 Å². The zero-order valence-electron chi connectivity index (χ0n) is 34.4. The lowest BCUT2D eigenvalue weighted by atomic mass is 10.0. The highest BCUT2D eigenvalue weighted by molar-refractivity contribution is 5.87. The molecule has 16 heteroatoms. The Morgan fingerprint density at radius 1 is 0.661 bits per heavy atom. The summed E-state index contributed by atoms with van der Waals surface area (Å²) in [5.74, 6) is 1.71. The van der Waals surface area contributed by atoms with Crippen molar-refractivity contribution in [2.75, 3.05) is 41.7 Å². The van der Waals surface area contributed by atoms with Crippen LogP contribution in [0.4, 0.5) is 9.59 Å². The van der Waals surface area contributed by atoms with Crippen LogP contribution in [-0.4, -0.2) is 120 Å². The number of rotatable bonds is 15. The SMILES string of the molecule is COCC[C@H](NC(=O)OC)C(=O)N1[C@H](C)[C@H](C)C[C@H]1c1ncc(-c2ccc(-c3ccc(-c4cnc([C@@H]5C[C@H]6C[C@H]6N5C(=O)[C@H](CCOC)NC(=O)OC)[nH]4)cc3)cc2)[nH]1. The maximum Gasteiger partial charge on any atom is 0.407 e. The molecule has 3 fully saturated rings. The van der Waals surface area contributed by atoms with Gasteiger partial charge in [0.15, 0.2) is 0 Å². The zero-order valence-corrected chi connectivity index (χ0v) is 34.4. The summed E-state index contributed by atoms with van der Waals surface area (Å²) in [6.07, 6.45) is 5.44. The summed E-state index contributed by atoms with van der Waals surface area (Å²) >= 11 is 0. The van der Waals surface area contributed by atoms with E-state index < -0.39 is 24.3 Å². The fraction of sp³-hybridized carbons (Fsp3) is 0.488. The highest BCUT2D eigenvalue weighted by atomic mass is 16.5. The molecule has 2 aromatic heterocycles. The molecule has 0 radical (unpaired) electrons. The fourth-order valence-electron chi connectivity index (χ4n) is 8.57. The largest absolute Gasteiger partial charge is 0.453 e. The third-order valence-corrected chi connectivity index (χ3v) is 12.1. The number of hydrogen-bond acceptors (Lipinski definition) is 10. The smallest absolute Gasteiger partial charge is 0.407 e. The van der Waals surface area contributed by atoms with E-state index in [1.165, 1.54) is 14.2 Å². The van der Waals surface area contributed by atoms with E-state index in [2.05, 4.69) is 63.9 Å². The number of fused-ring (bicyclic) bond motifs is 1. The van der Waals surface area contributed by atoms with Gasteiger partial charge in [-0.3, -0.25) is 9.59 Å². The van der Waals surface area contributed by atoms with Crippen molar-refractivity contribution in [1.82, 2.24) is 40.4 Å². The first kappa shape index (κ1) is 41.4. The van der Waals surface area contributed by atoms with E-state index in [9.17, 15) is 19.2 Å². The van der Waals surface area contributed by atoms with Crippen LogP contribution in [-0.2, 0) is 28.5 Å². The minimum atomic E-state index is -0.792. The third kappa shape index (κ3) is 8.83. The van der Waals surface area contributed by atoms with Crippen molar-refractivity contribution in [2.45, 2.75) is 82.2 Å². The molecule has 4 N–H and O–H groups in total. The number of ether oxygens (including phenoxy) is 4. The Balaban J connectivity index is 1.02. The molecule has 1 saturated carbocycles. The van der Waals surface area contributed by atoms with Crippen molar-refractivity contribution >= 4 is 24.0 Å². The number of hydrogen-bond donors (Lipinski definition) is 4. The number of aromatic amines is 2. The molecule has 8 atom stereocenters. The van der Waals surface area contributed by atoms with Crippen LogP contribution < -0.4 is 10.6 Å². The second kappa shape index (κ2) is 18.0. The molecular weight excluding hydrogens is 757 g/mol. The normalized spacial score (nSPS) is 23.0. The first-order chi connectivity index (χ1) is 28.5. The number of amides is 4. The van der Waals surface area contributed by atoms with Crippen LogP contribution in [0.3, 0.4) is 0 Å². The molecule has 4 amide bonds. The summed E-state index contributed by atoms with van der Waals surface area (Å²) in [7, 11) is 5.68. The highest BCUT2D eigenvalue weighted by Gasteiger charge is 2.56. The molecule has 0 unspecified atom stereocenters. The quantitative estimate of drug-likeness (QED) is 0.117. The summed E-state index contributed by atoms with van der Waals surface area (Å²) < 4.78 is 20.0. The Morgan fingerprint density at radius 3 is 1.56 bits per heavy atom. The molecule has 0 spiro atoms. The topological polar surface area (TPSA) is 193 Å². The van der Waals surface area contributed by atoms with Crippen LogP contribution in [0.15, 0.2) is 60.9 Å². The lowest BCUT2D eigenvalue weighted by molar-refractivity contribution is -0.137. The van der Waals surface area contributed by atoms with Gasteiger partial charge in [-0.2, -0.15) is 0 Å². The van der Waals surface area contributed by atoms with Crippen LogP contribution in [0.5, 0.6) is 0 Å². The molecule has 1 aliphatic carbocycles. The lowest BCUT2D eigenvalue weighted by Gasteiger charge is -2.32. The predicted molar refractivity (Wildman–Crippen MR) is 218 cm³/mol. The molecule has 59 heavy (non-hydrogen) atoms. The summed E-state index contributed by atoms with van der Waals surface area (Å²) in [4.78, 5) is 72.0. The van der Waals surface area contributed by atoms with Crippen molar-refractivity contribution in [3.8, 4) is 33.6 Å². The van der Waals surface area contributed by atoms with Crippen LogP contribution in [0.1, 0.15) is 69.7 Å². The molecule has 4 heterocycles. The number of piperidine rings is 1. The van der Waals surface area contributed by atoms with E-state index in [1.54, 1.807) is 26.6 Å². The summed E-state index contributed by atoms with van der Waals surface area (Å²) in [5.41, 5.74) is 5.71. The van der Waals surface area contributed by atoms with Gasteiger partial charge in [-0.05, 0) is 60.3 Å². The average molecular weight is 811 g/mol. The number of H-pyrrole nitrogens is 2. The number of alkyl carbamates (subject to hydrolysis) is 2. The Bertz CT molecular complexity index is 2100. The van der Waals surface area contributed by atoms with Gasteiger partial charge in [0.1, 0.15) is 23.7 Å². The second-order valence-electron chi connectivity index (χ2n) is 15.7. The van der Waals surface area contributed by atoms with Crippen LogP contribution in [0.2, 0.25) is 0 Å². The van der Waals surface area contributed by atoms with Crippen LogP contribution in [0, 0.1) is 11.8 Å². The van der Waals surface area contributed by atoms with Crippen molar-refractivity contribution in [3.63, 3.8) is 0 Å². The van der Waals surface area contributed by atoms with Crippen molar-refractivity contribution in [2.24, 2.45) is 11.8 Å². The molecule has 2 aliphatic heterocycles. The standard InChI is InChI=1S/C43H54N8O8/c1-24-19-36(50(25(24)2)40(52)31(15-17-56-3)48-42(54)58-5)38-44-22-33(46-38)28-11-7-26(8-12-28)27-9-13-29(14-10-27)34-23-45-39(47-34)37-21-30-20-35(30)51(37)41(53)32(16-18-57-4)49-43(55)59-6/h7-14,22-25,30-32,35-37H,15-21H2,1-6H3,(H,44,46)(H,45,47)(H,48,54)(H,49,55)/t24-,25-,30-,31+,32+,35-,36+,37+/m1/s1. The van der Waals surface area contributed by atoms with Gasteiger partial charge in [0, 0.05) is 52.4 Å². The molecule has 0 bridgehead atoms. The number of imidazole rings is 2. The number of nitrogens with one attached hydrogen (secondary N) is 4. The number of benzene rings is 2.